The summed E-state index contributed by atoms with van der Waals surface area (Å²) in [5.74, 6) is 1.18. The molecule has 0 aliphatic rings. The summed E-state index contributed by atoms with van der Waals surface area (Å²) in [6.45, 7) is 10.3. The van der Waals surface area contributed by atoms with Gasteiger partial charge < -0.3 is 9.47 Å². The number of nitrogens with one attached hydrogen (secondary N) is 1. The number of hydrogen-bond donors (Lipinski definition) is 1. The molecule has 6 nitrogen and oxygen atoms in total. The molecule has 2 rings (SSSR count). The number of ether oxygens (including phenoxy) is 2. The van der Waals surface area contributed by atoms with Crippen molar-refractivity contribution in [1.82, 2.24) is 4.83 Å². The Bertz CT molecular complexity index is 961. The van der Waals surface area contributed by atoms with Gasteiger partial charge in [0.2, 0.25) is 0 Å². The van der Waals surface area contributed by atoms with Crippen molar-refractivity contribution >= 4 is 16.2 Å². The normalized spacial score (nSPS) is 12.2. The van der Waals surface area contributed by atoms with Gasteiger partial charge in [-0.15, -0.1) is 0 Å². The van der Waals surface area contributed by atoms with Gasteiger partial charge in [0.25, 0.3) is 10.0 Å². The van der Waals surface area contributed by atoms with Gasteiger partial charge in [-0.3, -0.25) is 0 Å². The van der Waals surface area contributed by atoms with Crippen LogP contribution >= 0.6 is 0 Å². The molecule has 2 aromatic carbocycles. The first kappa shape index (κ1) is 21.8. The van der Waals surface area contributed by atoms with Crippen molar-refractivity contribution in [2.45, 2.75) is 44.9 Å². The summed E-state index contributed by atoms with van der Waals surface area (Å²) in [7, 11) is -2.23. The van der Waals surface area contributed by atoms with E-state index in [1.165, 1.54) is 6.21 Å². The van der Waals surface area contributed by atoms with Crippen molar-refractivity contribution in [3.8, 4) is 11.5 Å². The third kappa shape index (κ3) is 5.25. The Morgan fingerprint density at radius 2 is 1.82 bits per heavy atom. The zero-order chi connectivity index (χ0) is 20.9. The topological polar surface area (TPSA) is 77.0 Å². The van der Waals surface area contributed by atoms with Crippen molar-refractivity contribution in [1.29, 1.82) is 0 Å². The number of rotatable bonds is 7. The minimum atomic E-state index is -3.78. The molecule has 0 aromatic heterocycles. The predicted octanol–water partition coefficient (Wildman–Crippen LogP) is 4.01. The zero-order valence-electron chi connectivity index (χ0n) is 17.2. The highest BCUT2D eigenvalue weighted by atomic mass is 32.2. The van der Waals surface area contributed by atoms with Crippen molar-refractivity contribution in [3.05, 3.63) is 53.1 Å². The lowest BCUT2D eigenvalue weighted by Gasteiger charge is -2.20. The largest absolute Gasteiger partial charge is 0.493 e. The highest BCUT2D eigenvalue weighted by molar-refractivity contribution is 7.89. The average molecular weight is 405 g/mol. The summed E-state index contributed by atoms with van der Waals surface area (Å²) >= 11 is 0. The second-order valence-electron chi connectivity index (χ2n) is 7.43. The molecule has 0 aliphatic heterocycles. The molecule has 0 radical (unpaired) electrons. The van der Waals surface area contributed by atoms with Crippen LogP contribution in [0, 0.1) is 6.92 Å². The van der Waals surface area contributed by atoms with Crippen LogP contribution in [0.3, 0.4) is 0 Å². The maximum atomic E-state index is 12.7. The molecule has 0 amide bonds. The van der Waals surface area contributed by atoms with Crippen molar-refractivity contribution in [2.24, 2.45) is 5.10 Å². The standard InChI is InChI=1S/C21H28N2O4S/c1-7-27-18-11-9-16(12-19(18)26-6)14-22-23-28(24,25)20-13-17(21(3,4)5)10-8-15(20)2/h8-14,23H,7H2,1-6H3/b22-14+. The van der Waals surface area contributed by atoms with Gasteiger partial charge in [-0.1, -0.05) is 32.9 Å². The summed E-state index contributed by atoms with van der Waals surface area (Å²) in [4.78, 5) is 2.51. The van der Waals surface area contributed by atoms with E-state index in [0.29, 0.717) is 29.2 Å². The van der Waals surface area contributed by atoms with Gasteiger partial charge in [-0.05, 0) is 60.2 Å². The fourth-order valence-electron chi connectivity index (χ4n) is 2.61. The van der Waals surface area contributed by atoms with E-state index >= 15 is 0 Å². The van der Waals surface area contributed by atoms with Gasteiger partial charge in [-0.25, -0.2) is 4.83 Å². The number of hydrogen-bond acceptors (Lipinski definition) is 5. The van der Waals surface area contributed by atoms with E-state index in [1.807, 2.05) is 39.8 Å². The molecule has 7 heteroatoms. The maximum Gasteiger partial charge on any atom is 0.276 e. The minimum absolute atomic E-state index is 0.153. The summed E-state index contributed by atoms with van der Waals surface area (Å²) in [6, 6.07) is 10.7. The molecule has 152 valence electrons. The highest BCUT2D eigenvalue weighted by Gasteiger charge is 2.21. The second kappa shape index (κ2) is 8.65. The predicted molar refractivity (Wildman–Crippen MR) is 112 cm³/mol. The molecule has 28 heavy (non-hydrogen) atoms. The van der Waals surface area contributed by atoms with E-state index in [1.54, 1.807) is 38.3 Å². The summed E-state index contributed by atoms with van der Waals surface area (Å²) in [5.41, 5.74) is 2.14. The van der Waals surface area contributed by atoms with Gasteiger partial charge in [-0.2, -0.15) is 13.5 Å². The second-order valence-corrected chi connectivity index (χ2v) is 9.06. The van der Waals surface area contributed by atoms with Crippen LogP contribution in [0.25, 0.3) is 0 Å². The van der Waals surface area contributed by atoms with Gasteiger partial charge >= 0.3 is 0 Å². The van der Waals surface area contributed by atoms with Crippen molar-refractivity contribution in [2.75, 3.05) is 13.7 Å². The van der Waals surface area contributed by atoms with Crippen LogP contribution in [0.15, 0.2) is 46.4 Å². The summed E-state index contributed by atoms with van der Waals surface area (Å²) < 4.78 is 36.2. The van der Waals surface area contributed by atoms with Gasteiger partial charge in [0, 0.05) is 0 Å². The fraction of sp³-hybridized carbons (Fsp3) is 0.381. The van der Waals surface area contributed by atoms with Gasteiger partial charge in [0.1, 0.15) is 0 Å². The van der Waals surface area contributed by atoms with Crippen molar-refractivity contribution in [3.63, 3.8) is 0 Å². The third-order valence-corrected chi connectivity index (χ3v) is 5.58. The molecule has 1 N–H and O–H groups in total. The molecular formula is C21H28N2O4S. The Hall–Kier alpha value is -2.54. The Balaban J connectivity index is 2.24. The summed E-state index contributed by atoms with van der Waals surface area (Å²) in [6.07, 6.45) is 1.43. The number of aryl methyl sites for hydroxylation is 1. The molecule has 0 saturated heterocycles. The number of benzene rings is 2. The van der Waals surface area contributed by atoms with Crippen LogP contribution in [0.5, 0.6) is 11.5 Å². The van der Waals surface area contributed by atoms with Crippen LogP contribution < -0.4 is 14.3 Å². The summed E-state index contributed by atoms with van der Waals surface area (Å²) in [5, 5.41) is 3.91. The molecule has 0 bridgehead atoms. The Morgan fingerprint density at radius 1 is 1.11 bits per heavy atom. The zero-order valence-corrected chi connectivity index (χ0v) is 18.1. The maximum absolute atomic E-state index is 12.7. The van der Waals surface area contributed by atoms with E-state index in [-0.39, 0.29) is 10.3 Å². The smallest absolute Gasteiger partial charge is 0.276 e. The van der Waals surface area contributed by atoms with E-state index in [9.17, 15) is 8.42 Å². The quantitative estimate of drug-likeness (QED) is 0.559. The van der Waals surface area contributed by atoms with Crippen LogP contribution in [0.4, 0.5) is 0 Å². The molecule has 2 aromatic rings. The molecule has 0 saturated carbocycles. The number of methoxy groups -OCH3 is 1. The van der Waals surface area contributed by atoms with Crippen LogP contribution in [-0.2, 0) is 15.4 Å². The molecule has 0 spiro atoms. The van der Waals surface area contributed by atoms with E-state index in [0.717, 1.165) is 5.56 Å². The SMILES string of the molecule is CCOc1ccc(/C=N/NS(=O)(=O)c2cc(C(C)(C)C)ccc2C)cc1OC. The van der Waals surface area contributed by atoms with E-state index in [2.05, 4.69) is 9.93 Å². The minimum Gasteiger partial charge on any atom is -0.493 e. The molecule has 0 heterocycles. The molecule has 0 atom stereocenters. The third-order valence-electron chi connectivity index (χ3n) is 4.22. The first-order valence-corrected chi connectivity index (χ1v) is 10.5. The lowest BCUT2D eigenvalue weighted by molar-refractivity contribution is 0.311. The monoisotopic (exact) mass is 404 g/mol. The molecule has 0 unspecified atom stereocenters. The van der Waals surface area contributed by atoms with Crippen LogP contribution in [0.2, 0.25) is 0 Å². The number of hydrazone groups is 1. The Kier molecular flexibility index (Phi) is 6.72. The fourth-order valence-corrected chi connectivity index (χ4v) is 3.68. The number of nitrogens with zero attached hydrogens (tertiary/aromatic N) is 1. The van der Waals surface area contributed by atoms with Gasteiger partial charge in [0.05, 0.1) is 24.8 Å². The van der Waals surface area contributed by atoms with Crippen molar-refractivity contribution < 1.29 is 17.9 Å². The lowest BCUT2D eigenvalue weighted by atomic mass is 9.87. The average Bonchev–Trinajstić information content (AvgIpc) is 2.62. The molecular weight excluding hydrogens is 376 g/mol. The highest BCUT2D eigenvalue weighted by Crippen LogP contribution is 2.28. The number of sulfonamides is 1. The van der Waals surface area contributed by atoms with E-state index in [4.69, 9.17) is 9.47 Å². The Labute approximate surface area is 167 Å². The van der Waals surface area contributed by atoms with Crippen LogP contribution in [0.1, 0.15) is 44.4 Å². The van der Waals surface area contributed by atoms with Crippen LogP contribution in [-0.4, -0.2) is 28.3 Å². The van der Waals surface area contributed by atoms with E-state index < -0.39 is 10.0 Å². The van der Waals surface area contributed by atoms with Gasteiger partial charge in [0.15, 0.2) is 11.5 Å². The first-order valence-electron chi connectivity index (χ1n) is 9.05. The Morgan fingerprint density at radius 3 is 2.43 bits per heavy atom. The first-order chi connectivity index (χ1) is 13.1. The molecule has 0 fully saturated rings. The molecule has 0 aliphatic carbocycles. The lowest BCUT2D eigenvalue weighted by Crippen LogP contribution is -2.21.